The number of aromatic nitrogens is 1. The van der Waals surface area contributed by atoms with Crippen molar-refractivity contribution >= 4 is 28.9 Å². The summed E-state index contributed by atoms with van der Waals surface area (Å²) in [4.78, 5) is 38.7. The van der Waals surface area contributed by atoms with Gasteiger partial charge < -0.3 is 14.2 Å². The number of nitrogens with zero attached hydrogens (tertiary/aromatic N) is 1. The van der Waals surface area contributed by atoms with Gasteiger partial charge in [0.1, 0.15) is 12.2 Å². The first-order valence-electron chi connectivity index (χ1n) is 10.8. The Bertz CT molecular complexity index is 1210. The van der Waals surface area contributed by atoms with Crippen LogP contribution in [0.2, 0.25) is 0 Å². The quantitative estimate of drug-likeness (QED) is 0.316. The average molecular weight is 450 g/mol. The highest BCUT2D eigenvalue weighted by Crippen LogP contribution is 2.62. The van der Waals surface area contributed by atoms with Gasteiger partial charge in [-0.3, -0.25) is 14.2 Å². The van der Waals surface area contributed by atoms with Gasteiger partial charge in [-0.15, -0.1) is 0 Å². The van der Waals surface area contributed by atoms with Crippen LogP contribution in [0.5, 0.6) is 0 Å². The Morgan fingerprint density at radius 3 is 2.33 bits per heavy atom. The summed E-state index contributed by atoms with van der Waals surface area (Å²) in [6, 6.07) is 16.6. The topological polar surface area (TPSA) is 83.8 Å². The van der Waals surface area contributed by atoms with Crippen LogP contribution >= 0.6 is 0 Å². The van der Waals surface area contributed by atoms with Crippen LogP contribution in [-0.2, 0) is 30.4 Å². The smallest absolute Gasteiger partial charge is 0.419 e. The van der Waals surface area contributed by atoms with E-state index in [9.17, 15) is 14.4 Å². The number of carbonyl (C=O) groups is 3. The zero-order valence-electron chi connectivity index (χ0n) is 19.2. The minimum Gasteiger partial charge on any atom is -0.468 e. The van der Waals surface area contributed by atoms with E-state index in [0.29, 0.717) is 11.1 Å². The fourth-order valence-electron chi connectivity index (χ4n) is 4.15. The highest BCUT2D eigenvalue weighted by molar-refractivity contribution is 6.06. The van der Waals surface area contributed by atoms with Gasteiger partial charge in [-0.05, 0) is 44.4 Å². The molecule has 7 nitrogen and oxygen atoms in total. The monoisotopic (exact) mass is 449 g/mol. The number of ether oxygens (including phenoxy) is 3. The molecular weight excluding hydrogens is 422 g/mol. The van der Waals surface area contributed by atoms with Gasteiger partial charge in [0.25, 0.3) is 0 Å². The Hall–Kier alpha value is -3.61. The summed E-state index contributed by atoms with van der Waals surface area (Å²) >= 11 is 0. The van der Waals surface area contributed by atoms with Crippen molar-refractivity contribution in [3.05, 3.63) is 71.9 Å². The number of benzene rings is 2. The van der Waals surface area contributed by atoms with Crippen LogP contribution in [0.25, 0.3) is 10.9 Å². The first-order chi connectivity index (χ1) is 15.7. The normalized spacial score (nSPS) is 19.7. The van der Waals surface area contributed by atoms with Crippen LogP contribution in [0, 0.1) is 5.41 Å². The molecule has 0 N–H and O–H groups in total. The van der Waals surface area contributed by atoms with E-state index < -0.39 is 35.0 Å². The Morgan fingerprint density at radius 2 is 1.67 bits per heavy atom. The van der Waals surface area contributed by atoms with Crippen molar-refractivity contribution in [2.75, 3.05) is 7.11 Å². The molecule has 4 rings (SSSR count). The van der Waals surface area contributed by atoms with Crippen molar-refractivity contribution in [3.8, 4) is 0 Å². The van der Waals surface area contributed by atoms with Crippen molar-refractivity contribution in [1.82, 2.24) is 4.57 Å². The molecule has 2 atom stereocenters. The number of hydrogen-bond donors (Lipinski definition) is 0. The van der Waals surface area contributed by atoms with Gasteiger partial charge in [0.2, 0.25) is 0 Å². The maximum Gasteiger partial charge on any atom is 0.419 e. The summed E-state index contributed by atoms with van der Waals surface area (Å²) in [6.45, 7) is 5.45. The first-order valence-corrected chi connectivity index (χ1v) is 10.8. The maximum atomic E-state index is 13.1. The molecule has 1 fully saturated rings. The largest absolute Gasteiger partial charge is 0.468 e. The third-order valence-corrected chi connectivity index (χ3v) is 5.80. The molecule has 2 aromatic carbocycles. The highest BCUT2D eigenvalue weighted by atomic mass is 16.6. The van der Waals surface area contributed by atoms with Crippen LogP contribution < -0.4 is 0 Å². The van der Waals surface area contributed by atoms with Crippen LogP contribution in [0.1, 0.15) is 44.2 Å². The summed E-state index contributed by atoms with van der Waals surface area (Å²) in [6.07, 6.45) is 1.37. The highest BCUT2D eigenvalue weighted by Gasteiger charge is 2.69. The lowest BCUT2D eigenvalue weighted by atomic mass is 9.98. The predicted molar refractivity (Wildman–Crippen MR) is 122 cm³/mol. The van der Waals surface area contributed by atoms with Gasteiger partial charge in [0.15, 0.2) is 5.41 Å². The number of hydrogen-bond acceptors (Lipinski definition) is 6. The van der Waals surface area contributed by atoms with Gasteiger partial charge in [-0.25, -0.2) is 4.79 Å². The number of rotatable bonds is 5. The molecule has 1 saturated carbocycles. The maximum absolute atomic E-state index is 13.1. The summed E-state index contributed by atoms with van der Waals surface area (Å²) in [5.74, 6) is -1.74. The van der Waals surface area contributed by atoms with Gasteiger partial charge in [-0.2, -0.15) is 0 Å². The molecule has 1 heterocycles. The van der Waals surface area contributed by atoms with Crippen molar-refractivity contribution < 1.29 is 28.6 Å². The van der Waals surface area contributed by atoms with Crippen LogP contribution in [-0.4, -0.2) is 35.3 Å². The Balaban J connectivity index is 1.67. The standard InChI is InChI=1S/C26H27NO6/c1-25(2,3)33-24(30)27-15-19(18-12-8-9-13-21(18)27)20-14-26(20,22(28)31-4)23(29)32-16-17-10-6-5-7-11-17/h5-13,15,20H,14,16H2,1-4H3/t20-,26+/m1/s1. The van der Waals surface area contributed by atoms with E-state index in [0.717, 1.165) is 10.9 Å². The van der Waals surface area contributed by atoms with Crippen molar-refractivity contribution in [2.45, 2.75) is 45.3 Å². The second-order valence-electron chi connectivity index (χ2n) is 9.23. The molecule has 7 heteroatoms. The first kappa shape index (κ1) is 22.6. The second kappa shape index (κ2) is 8.39. The average Bonchev–Trinajstić information content (AvgIpc) is 3.43. The van der Waals surface area contributed by atoms with Crippen molar-refractivity contribution in [3.63, 3.8) is 0 Å². The molecule has 0 saturated heterocycles. The molecule has 0 aliphatic heterocycles. The minimum absolute atomic E-state index is 0.0603. The summed E-state index contributed by atoms with van der Waals surface area (Å²) in [5.41, 5.74) is 0.0687. The number of para-hydroxylation sites is 1. The second-order valence-corrected chi connectivity index (χ2v) is 9.23. The molecular formula is C26H27NO6. The SMILES string of the molecule is COC(=O)[C@]1(C(=O)OCc2ccccc2)C[C@@H]1c1cn(C(=O)OC(C)(C)C)c2ccccc12. The van der Waals surface area contributed by atoms with E-state index >= 15 is 0 Å². The molecule has 1 aliphatic carbocycles. The lowest BCUT2D eigenvalue weighted by Crippen LogP contribution is -2.30. The molecule has 0 bridgehead atoms. The third-order valence-electron chi connectivity index (χ3n) is 5.80. The van der Waals surface area contributed by atoms with Crippen LogP contribution in [0.15, 0.2) is 60.8 Å². The van der Waals surface area contributed by atoms with E-state index in [4.69, 9.17) is 14.2 Å². The van der Waals surface area contributed by atoms with Crippen LogP contribution in [0.3, 0.4) is 0 Å². The minimum atomic E-state index is -1.44. The van der Waals surface area contributed by atoms with Gasteiger partial charge >= 0.3 is 18.0 Å². The zero-order chi connectivity index (χ0) is 23.8. The molecule has 0 amide bonds. The van der Waals surface area contributed by atoms with E-state index in [1.54, 1.807) is 33.0 Å². The molecule has 0 spiro atoms. The van der Waals surface area contributed by atoms with Gasteiger partial charge in [-0.1, -0.05) is 48.5 Å². The fraction of sp³-hybridized carbons (Fsp3) is 0.346. The third kappa shape index (κ3) is 4.23. The zero-order valence-corrected chi connectivity index (χ0v) is 19.2. The van der Waals surface area contributed by atoms with Crippen molar-refractivity contribution in [1.29, 1.82) is 0 Å². The molecule has 0 unspecified atom stereocenters. The van der Waals surface area contributed by atoms with E-state index in [2.05, 4.69) is 0 Å². The lowest BCUT2D eigenvalue weighted by Gasteiger charge is -2.19. The fourth-order valence-corrected chi connectivity index (χ4v) is 4.15. The van der Waals surface area contributed by atoms with Gasteiger partial charge in [0.05, 0.1) is 12.6 Å². The number of esters is 2. The van der Waals surface area contributed by atoms with E-state index in [1.807, 2.05) is 48.5 Å². The molecule has 1 aromatic heterocycles. The molecule has 1 aliphatic rings. The number of carbonyl (C=O) groups excluding carboxylic acids is 3. The van der Waals surface area contributed by atoms with E-state index in [-0.39, 0.29) is 13.0 Å². The Kier molecular flexibility index (Phi) is 5.74. The summed E-state index contributed by atoms with van der Waals surface area (Å²) < 4.78 is 17.5. The molecule has 33 heavy (non-hydrogen) atoms. The van der Waals surface area contributed by atoms with E-state index in [1.165, 1.54) is 11.7 Å². The van der Waals surface area contributed by atoms with Crippen molar-refractivity contribution in [2.24, 2.45) is 5.41 Å². The molecule has 0 radical (unpaired) electrons. The van der Waals surface area contributed by atoms with Gasteiger partial charge in [0, 0.05) is 17.5 Å². The predicted octanol–water partition coefficient (Wildman–Crippen LogP) is 4.81. The Labute approximate surface area is 192 Å². The number of methoxy groups -OCH3 is 1. The molecule has 3 aromatic rings. The molecule has 172 valence electrons. The summed E-state index contributed by atoms with van der Waals surface area (Å²) in [5, 5.41) is 0.773. The number of fused-ring (bicyclic) bond motifs is 1. The summed E-state index contributed by atoms with van der Waals surface area (Å²) in [7, 11) is 1.26. The lowest BCUT2D eigenvalue weighted by molar-refractivity contribution is -0.164. The Morgan fingerprint density at radius 1 is 1.00 bits per heavy atom. The van der Waals surface area contributed by atoms with Crippen LogP contribution in [0.4, 0.5) is 4.79 Å².